The van der Waals surface area contributed by atoms with Crippen molar-refractivity contribution in [2.24, 2.45) is 4.99 Å². The molecule has 1 aromatic heterocycles. The molecule has 1 aromatic carbocycles. The van der Waals surface area contributed by atoms with Crippen LogP contribution in [-0.4, -0.2) is 61.6 Å². The molecule has 0 amide bonds. The maximum Gasteiger partial charge on any atom is 0.338 e. The molecule has 1 saturated heterocycles. The molecule has 11 heteroatoms. The molecule has 0 bridgehead atoms. The Morgan fingerprint density at radius 2 is 2.00 bits per heavy atom. The first-order valence-electron chi connectivity index (χ1n) is 10.1. The lowest BCUT2D eigenvalue weighted by atomic mass is 9.94. The second-order valence-corrected chi connectivity index (χ2v) is 7.83. The molecule has 0 spiro atoms. The molecule has 1 fully saturated rings. The number of nitrogens with zero attached hydrogens (tertiary/aromatic N) is 3. The molecule has 7 nitrogen and oxygen atoms in total. The highest BCUT2D eigenvalue weighted by atomic mass is 35.5. The number of rotatable bonds is 5. The van der Waals surface area contributed by atoms with Crippen LogP contribution in [0, 0.1) is 17.5 Å². The molecule has 0 unspecified atom stereocenters. The number of methoxy groups -OCH3 is 1. The van der Waals surface area contributed by atoms with E-state index in [1.54, 1.807) is 0 Å². The quantitative estimate of drug-likeness (QED) is 0.663. The number of aliphatic imine (C=N–C) groups is 1. The van der Waals surface area contributed by atoms with Gasteiger partial charge in [-0.05, 0) is 12.1 Å². The maximum atomic E-state index is 14.6. The molecule has 1 N–H and O–H groups in total. The van der Waals surface area contributed by atoms with E-state index in [0.717, 1.165) is 12.3 Å². The number of hydrogen-bond acceptors (Lipinski definition) is 7. The molecule has 1 atom stereocenters. The average molecular weight is 481 g/mol. The standard InChI is InChI=1S/C22H20ClF3N4O3/c1-32-22(31)18-17(11-30-4-6-33-7-5-30)28-21(20-16(26)9-13(25)10-27-20)29-19(18)14-3-2-12(24)8-15(14)23/h2-3,8-10,19H,4-7,11H2,1H3,(H,28,29)/t19-/m0/s1. The van der Waals surface area contributed by atoms with Crippen LogP contribution in [0.4, 0.5) is 13.2 Å². The van der Waals surface area contributed by atoms with Crippen molar-refractivity contribution in [3.63, 3.8) is 0 Å². The zero-order chi connectivity index (χ0) is 23.5. The second kappa shape index (κ2) is 9.90. The van der Waals surface area contributed by atoms with Gasteiger partial charge in [0.25, 0.3) is 0 Å². The lowest BCUT2D eigenvalue weighted by molar-refractivity contribution is -0.136. The number of esters is 1. The molecule has 2 aliphatic heterocycles. The summed E-state index contributed by atoms with van der Waals surface area (Å²) in [5.74, 6) is -3.03. The Labute approximate surface area is 192 Å². The lowest BCUT2D eigenvalue weighted by Gasteiger charge is -2.32. The molecule has 0 radical (unpaired) electrons. The first-order chi connectivity index (χ1) is 15.9. The van der Waals surface area contributed by atoms with Crippen LogP contribution < -0.4 is 5.32 Å². The van der Waals surface area contributed by atoms with Crippen molar-refractivity contribution >= 4 is 23.4 Å². The number of halogens is 4. The molecular weight excluding hydrogens is 461 g/mol. The van der Waals surface area contributed by atoms with Gasteiger partial charge in [-0.2, -0.15) is 0 Å². The summed E-state index contributed by atoms with van der Waals surface area (Å²) in [6, 6.07) is 3.34. The summed E-state index contributed by atoms with van der Waals surface area (Å²) in [5, 5.41) is 3.01. The molecular formula is C22H20ClF3N4O3. The normalized spacial score (nSPS) is 19.2. The van der Waals surface area contributed by atoms with Gasteiger partial charge in [-0.3, -0.25) is 9.89 Å². The van der Waals surface area contributed by atoms with E-state index < -0.39 is 29.5 Å². The number of nitrogens with one attached hydrogen (secondary N) is 1. The molecule has 174 valence electrons. The second-order valence-electron chi connectivity index (χ2n) is 7.43. The van der Waals surface area contributed by atoms with Crippen LogP contribution in [0.1, 0.15) is 17.3 Å². The minimum Gasteiger partial charge on any atom is -0.466 e. The fourth-order valence-electron chi connectivity index (χ4n) is 3.71. The van der Waals surface area contributed by atoms with E-state index in [-0.39, 0.29) is 28.7 Å². The van der Waals surface area contributed by atoms with E-state index in [9.17, 15) is 18.0 Å². The van der Waals surface area contributed by atoms with Crippen LogP contribution in [-0.2, 0) is 14.3 Å². The van der Waals surface area contributed by atoms with Crippen molar-refractivity contribution in [3.8, 4) is 0 Å². The average Bonchev–Trinajstić information content (AvgIpc) is 2.79. The van der Waals surface area contributed by atoms with E-state index in [1.165, 1.54) is 19.2 Å². The molecule has 2 aliphatic rings. The van der Waals surface area contributed by atoms with Crippen LogP contribution in [0.3, 0.4) is 0 Å². The number of carbonyl (C=O) groups is 1. The highest BCUT2D eigenvalue weighted by molar-refractivity contribution is 6.31. The highest BCUT2D eigenvalue weighted by Crippen LogP contribution is 2.36. The van der Waals surface area contributed by atoms with Gasteiger partial charge in [0.15, 0.2) is 11.7 Å². The topological polar surface area (TPSA) is 76.0 Å². The van der Waals surface area contributed by atoms with E-state index in [4.69, 9.17) is 21.1 Å². The van der Waals surface area contributed by atoms with Crippen molar-refractivity contribution in [2.75, 3.05) is 40.0 Å². The Morgan fingerprint density at radius 1 is 1.24 bits per heavy atom. The van der Waals surface area contributed by atoms with Gasteiger partial charge < -0.3 is 14.8 Å². The predicted molar refractivity (Wildman–Crippen MR) is 114 cm³/mol. The summed E-state index contributed by atoms with van der Waals surface area (Å²) in [7, 11) is 1.23. The van der Waals surface area contributed by atoms with Crippen molar-refractivity contribution in [2.45, 2.75) is 6.04 Å². The molecule has 33 heavy (non-hydrogen) atoms. The molecule has 0 aliphatic carbocycles. The molecule has 2 aromatic rings. The van der Waals surface area contributed by atoms with Crippen molar-refractivity contribution < 1.29 is 27.4 Å². The monoisotopic (exact) mass is 480 g/mol. The van der Waals surface area contributed by atoms with E-state index in [1.807, 2.05) is 4.90 Å². The van der Waals surface area contributed by atoms with Gasteiger partial charge in [0.2, 0.25) is 0 Å². The number of aromatic nitrogens is 1. The van der Waals surface area contributed by atoms with Crippen LogP contribution in [0.25, 0.3) is 0 Å². The Morgan fingerprint density at radius 3 is 2.67 bits per heavy atom. The number of amidine groups is 1. The van der Waals surface area contributed by atoms with Gasteiger partial charge >= 0.3 is 5.97 Å². The summed E-state index contributed by atoms with van der Waals surface area (Å²) in [4.78, 5) is 23.2. The lowest BCUT2D eigenvalue weighted by Crippen LogP contribution is -2.43. The zero-order valence-electron chi connectivity index (χ0n) is 17.6. The van der Waals surface area contributed by atoms with Gasteiger partial charge in [-0.25, -0.2) is 22.9 Å². The Bertz CT molecular complexity index is 1140. The molecule has 3 heterocycles. The Kier molecular flexibility index (Phi) is 6.96. The SMILES string of the molecule is COC(=O)C1=C(CN2CCOCC2)NC(c2ncc(F)cc2F)=N[C@H]1c1ccc(F)cc1Cl. The van der Waals surface area contributed by atoms with E-state index in [2.05, 4.69) is 15.3 Å². The third kappa shape index (κ3) is 5.02. The summed E-state index contributed by atoms with van der Waals surface area (Å²) in [6.45, 7) is 2.52. The number of carbonyl (C=O) groups excluding carboxylic acids is 1. The summed E-state index contributed by atoms with van der Waals surface area (Å²) in [6.07, 6.45) is 0.865. The number of benzene rings is 1. The molecule has 0 saturated carbocycles. The van der Waals surface area contributed by atoms with Gasteiger partial charge in [0.1, 0.15) is 23.4 Å². The minimum atomic E-state index is -1.04. The predicted octanol–water partition coefficient (Wildman–Crippen LogP) is 3.00. The van der Waals surface area contributed by atoms with Gasteiger partial charge in [-0.1, -0.05) is 17.7 Å². The van der Waals surface area contributed by atoms with Crippen molar-refractivity contribution in [3.05, 3.63) is 75.5 Å². The van der Waals surface area contributed by atoms with E-state index >= 15 is 0 Å². The summed E-state index contributed by atoms with van der Waals surface area (Å²) in [5.41, 5.74) is 0.621. The van der Waals surface area contributed by atoms with Crippen molar-refractivity contribution in [1.29, 1.82) is 0 Å². The van der Waals surface area contributed by atoms with Crippen LogP contribution >= 0.6 is 11.6 Å². The Balaban J connectivity index is 1.85. The fourth-order valence-corrected chi connectivity index (χ4v) is 3.98. The maximum absolute atomic E-state index is 14.6. The first kappa shape index (κ1) is 23.2. The van der Waals surface area contributed by atoms with Gasteiger partial charge in [0, 0.05) is 42.0 Å². The fraction of sp³-hybridized carbons (Fsp3) is 0.318. The highest BCUT2D eigenvalue weighted by Gasteiger charge is 2.35. The third-order valence-electron chi connectivity index (χ3n) is 5.31. The molecule has 4 rings (SSSR count). The van der Waals surface area contributed by atoms with Gasteiger partial charge in [0.05, 0.1) is 32.1 Å². The van der Waals surface area contributed by atoms with Crippen molar-refractivity contribution in [1.82, 2.24) is 15.2 Å². The smallest absolute Gasteiger partial charge is 0.338 e. The summed E-state index contributed by atoms with van der Waals surface area (Å²) < 4.78 is 52.1. The Hall–Kier alpha value is -2.95. The third-order valence-corrected chi connectivity index (χ3v) is 5.63. The van der Waals surface area contributed by atoms with Gasteiger partial charge in [-0.15, -0.1) is 0 Å². The van der Waals surface area contributed by atoms with Crippen LogP contribution in [0.5, 0.6) is 0 Å². The number of pyridine rings is 1. The summed E-state index contributed by atoms with van der Waals surface area (Å²) >= 11 is 6.29. The van der Waals surface area contributed by atoms with Crippen LogP contribution in [0.2, 0.25) is 5.02 Å². The van der Waals surface area contributed by atoms with E-state index in [0.29, 0.717) is 43.6 Å². The zero-order valence-corrected chi connectivity index (χ0v) is 18.3. The number of morpholine rings is 1. The number of ether oxygens (including phenoxy) is 2. The minimum absolute atomic E-state index is 0.0196. The largest absolute Gasteiger partial charge is 0.466 e. The first-order valence-corrected chi connectivity index (χ1v) is 10.5. The number of hydrogen-bond donors (Lipinski definition) is 1. The van der Waals surface area contributed by atoms with Crippen LogP contribution in [0.15, 0.2) is 46.7 Å².